The zero-order chi connectivity index (χ0) is 13.3. The maximum absolute atomic E-state index is 6.33. The predicted molar refractivity (Wildman–Crippen MR) is 82.6 cm³/mol. The molecular weight excluding hydrogens is 332 g/mol. The fraction of sp³-hybridized carbons (Fsp3) is 0.286. The molecule has 0 saturated carbocycles. The van der Waals surface area contributed by atoms with Gasteiger partial charge in [-0.2, -0.15) is 0 Å². The number of halogens is 2. The van der Waals surface area contributed by atoms with E-state index >= 15 is 0 Å². The number of ether oxygens (including phenoxy) is 1. The standard InChI is InChI=1S/C14H14BrClOS/c1-8-4-11(12(16)5-9(8)2)14(15)13-6-10(17-3)7-18-13/h4-7,14H,1-3H3. The molecule has 0 amide bonds. The summed E-state index contributed by atoms with van der Waals surface area (Å²) < 4.78 is 5.21. The summed E-state index contributed by atoms with van der Waals surface area (Å²) in [4.78, 5) is 1.30. The van der Waals surface area contributed by atoms with E-state index in [1.54, 1.807) is 18.4 Å². The molecule has 1 aromatic heterocycles. The average Bonchev–Trinajstić information content (AvgIpc) is 2.81. The van der Waals surface area contributed by atoms with Gasteiger partial charge in [0.2, 0.25) is 0 Å². The van der Waals surface area contributed by atoms with E-state index in [4.69, 9.17) is 16.3 Å². The number of alkyl halides is 1. The van der Waals surface area contributed by atoms with Crippen molar-refractivity contribution in [2.75, 3.05) is 7.11 Å². The van der Waals surface area contributed by atoms with Crippen molar-refractivity contribution in [1.82, 2.24) is 0 Å². The Morgan fingerprint density at radius 1 is 1.22 bits per heavy atom. The highest BCUT2D eigenvalue weighted by molar-refractivity contribution is 9.09. The first-order valence-electron chi connectivity index (χ1n) is 5.56. The van der Waals surface area contributed by atoms with Gasteiger partial charge in [-0.15, -0.1) is 11.3 Å². The van der Waals surface area contributed by atoms with Gasteiger partial charge in [-0.25, -0.2) is 0 Å². The third-order valence-electron chi connectivity index (χ3n) is 2.97. The molecular formula is C14H14BrClOS. The van der Waals surface area contributed by atoms with Crippen LogP contribution in [0.1, 0.15) is 26.4 Å². The molecule has 1 nitrogen and oxygen atoms in total. The summed E-state index contributed by atoms with van der Waals surface area (Å²) in [5.41, 5.74) is 3.57. The zero-order valence-electron chi connectivity index (χ0n) is 10.5. The molecule has 1 aromatic carbocycles. The van der Waals surface area contributed by atoms with E-state index in [1.165, 1.54) is 16.0 Å². The van der Waals surface area contributed by atoms with Crippen molar-refractivity contribution in [3.63, 3.8) is 0 Å². The van der Waals surface area contributed by atoms with E-state index < -0.39 is 0 Å². The summed E-state index contributed by atoms with van der Waals surface area (Å²) in [6.45, 7) is 4.17. The predicted octanol–water partition coefficient (Wildman–Crippen LogP) is 5.51. The molecule has 0 aliphatic carbocycles. The second-order valence-corrected chi connectivity index (χ2v) is 6.48. The first kappa shape index (κ1) is 13.9. The minimum absolute atomic E-state index is 0.109. The van der Waals surface area contributed by atoms with Crippen molar-refractivity contribution in [1.29, 1.82) is 0 Å². The van der Waals surface area contributed by atoms with Crippen molar-refractivity contribution in [2.24, 2.45) is 0 Å². The number of methoxy groups -OCH3 is 1. The molecule has 4 heteroatoms. The number of benzene rings is 1. The molecule has 2 aromatic rings. The van der Waals surface area contributed by atoms with Crippen LogP contribution in [0, 0.1) is 13.8 Å². The lowest BCUT2D eigenvalue weighted by atomic mass is 10.0. The minimum atomic E-state index is 0.109. The molecule has 0 saturated heterocycles. The van der Waals surface area contributed by atoms with Gasteiger partial charge in [0.1, 0.15) is 5.75 Å². The van der Waals surface area contributed by atoms with E-state index in [2.05, 4.69) is 35.8 Å². The molecule has 0 fully saturated rings. The largest absolute Gasteiger partial charge is 0.496 e. The maximum Gasteiger partial charge on any atom is 0.129 e. The van der Waals surface area contributed by atoms with Crippen LogP contribution in [0.15, 0.2) is 23.6 Å². The number of hydrogen-bond donors (Lipinski definition) is 0. The van der Waals surface area contributed by atoms with Crippen molar-refractivity contribution < 1.29 is 4.74 Å². The van der Waals surface area contributed by atoms with Gasteiger partial charge >= 0.3 is 0 Å². The lowest BCUT2D eigenvalue weighted by Crippen LogP contribution is -1.94. The van der Waals surface area contributed by atoms with Crippen molar-refractivity contribution in [3.8, 4) is 5.75 Å². The third-order valence-corrected chi connectivity index (χ3v) is 5.56. The average molecular weight is 346 g/mol. The topological polar surface area (TPSA) is 9.23 Å². The SMILES string of the molecule is COc1csc(C(Br)c2cc(C)c(C)cc2Cl)c1. The molecule has 0 aliphatic heterocycles. The van der Waals surface area contributed by atoms with E-state index in [0.29, 0.717) is 0 Å². The summed E-state index contributed by atoms with van der Waals surface area (Å²) in [6, 6.07) is 6.20. The van der Waals surface area contributed by atoms with Crippen LogP contribution in [-0.4, -0.2) is 7.11 Å². The lowest BCUT2D eigenvalue weighted by Gasteiger charge is -2.13. The highest BCUT2D eigenvalue weighted by atomic mass is 79.9. The highest BCUT2D eigenvalue weighted by Crippen LogP contribution is 2.40. The zero-order valence-corrected chi connectivity index (χ0v) is 13.6. The van der Waals surface area contributed by atoms with E-state index in [1.807, 2.05) is 17.5 Å². The molecule has 0 bridgehead atoms. The van der Waals surface area contributed by atoms with Crippen molar-refractivity contribution in [3.05, 3.63) is 50.2 Å². The molecule has 1 heterocycles. The van der Waals surface area contributed by atoms with E-state index in [-0.39, 0.29) is 4.83 Å². The van der Waals surface area contributed by atoms with Gasteiger partial charge in [0.25, 0.3) is 0 Å². The second-order valence-electron chi connectivity index (χ2n) is 4.21. The lowest BCUT2D eigenvalue weighted by molar-refractivity contribution is 0.416. The molecule has 96 valence electrons. The molecule has 0 radical (unpaired) electrons. The van der Waals surface area contributed by atoms with Gasteiger partial charge in [0, 0.05) is 15.3 Å². The highest BCUT2D eigenvalue weighted by Gasteiger charge is 2.17. The van der Waals surface area contributed by atoms with Crippen LogP contribution in [0.25, 0.3) is 0 Å². The molecule has 0 aliphatic rings. The van der Waals surface area contributed by atoms with Gasteiger partial charge in [0.05, 0.1) is 11.9 Å². The fourth-order valence-corrected chi connectivity index (χ4v) is 3.87. The Balaban J connectivity index is 2.39. The Morgan fingerprint density at radius 3 is 2.50 bits per heavy atom. The molecule has 2 rings (SSSR count). The molecule has 18 heavy (non-hydrogen) atoms. The Morgan fingerprint density at radius 2 is 1.89 bits per heavy atom. The maximum atomic E-state index is 6.33. The Labute approximate surface area is 125 Å². The molecule has 0 N–H and O–H groups in total. The van der Waals surface area contributed by atoms with E-state index in [9.17, 15) is 0 Å². The Hall–Kier alpha value is -0.510. The Kier molecular flexibility index (Phi) is 4.36. The van der Waals surface area contributed by atoms with Crippen molar-refractivity contribution in [2.45, 2.75) is 18.7 Å². The van der Waals surface area contributed by atoms with Crippen LogP contribution in [0.4, 0.5) is 0 Å². The summed E-state index contributed by atoms with van der Waals surface area (Å²) in [6.07, 6.45) is 0. The van der Waals surface area contributed by atoms with Gasteiger partial charge in [0.15, 0.2) is 0 Å². The van der Waals surface area contributed by atoms with Gasteiger partial charge in [-0.05, 0) is 42.7 Å². The van der Waals surface area contributed by atoms with Gasteiger partial charge in [-0.1, -0.05) is 33.6 Å². The van der Waals surface area contributed by atoms with Gasteiger partial charge < -0.3 is 4.74 Å². The first-order valence-corrected chi connectivity index (χ1v) is 7.73. The van der Waals surface area contributed by atoms with Gasteiger partial charge in [-0.3, -0.25) is 0 Å². The Bertz CT molecular complexity index is 565. The van der Waals surface area contributed by atoms with Crippen LogP contribution in [0.3, 0.4) is 0 Å². The molecule has 0 spiro atoms. The number of aryl methyl sites for hydroxylation is 2. The second kappa shape index (κ2) is 5.64. The smallest absolute Gasteiger partial charge is 0.129 e. The summed E-state index contributed by atoms with van der Waals surface area (Å²) in [5.74, 6) is 0.888. The third kappa shape index (κ3) is 2.73. The van der Waals surface area contributed by atoms with Crippen LogP contribution >= 0.6 is 38.9 Å². The van der Waals surface area contributed by atoms with Crippen LogP contribution in [0.2, 0.25) is 5.02 Å². The quantitative estimate of drug-likeness (QED) is 0.666. The van der Waals surface area contributed by atoms with Crippen LogP contribution in [0.5, 0.6) is 5.75 Å². The minimum Gasteiger partial charge on any atom is -0.496 e. The summed E-state index contributed by atoms with van der Waals surface area (Å²) >= 11 is 11.7. The first-order chi connectivity index (χ1) is 8.52. The molecule has 1 unspecified atom stereocenters. The number of thiophene rings is 1. The number of hydrogen-bond acceptors (Lipinski definition) is 2. The number of rotatable bonds is 3. The van der Waals surface area contributed by atoms with Crippen LogP contribution < -0.4 is 4.74 Å². The summed E-state index contributed by atoms with van der Waals surface area (Å²) in [5, 5.41) is 2.80. The monoisotopic (exact) mass is 344 g/mol. The molecule has 1 atom stereocenters. The summed E-state index contributed by atoms with van der Waals surface area (Å²) in [7, 11) is 1.68. The van der Waals surface area contributed by atoms with E-state index in [0.717, 1.165) is 16.3 Å². The van der Waals surface area contributed by atoms with Crippen LogP contribution in [-0.2, 0) is 0 Å². The fourth-order valence-electron chi connectivity index (χ4n) is 1.73. The normalized spacial score (nSPS) is 12.5. The van der Waals surface area contributed by atoms with Crippen molar-refractivity contribution >= 4 is 38.9 Å².